The lowest BCUT2D eigenvalue weighted by Gasteiger charge is -1.98. The van der Waals surface area contributed by atoms with Crippen LogP contribution in [0, 0.1) is 0 Å². The smallest absolute Gasteiger partial charge is 0.212 e. The lowest BCUT2D eigenvalue weighted by atomic mass is 10.1. The first-order valence-corrected chi connectivity index (χ1v) is 3.70. The normalized spacial score (nSPS) is 10.2. The molecule has 1 N–H and O–H groups in total. The van der Waals surface area contributed by atoms with Crippen molar-refractivity contribution in [3.05, 3.63) is 35.9 Å². The largest absolute Gasteiger partial charge is 0.472 e. The third-order valence-electron chi connectivity index (χ3n) is 1.43. The van der Waals surface area contributed by atoms with Gasteiger partial charge < -0.3 is 9.94 Å². The first-order chi connectivity index (χ1) is 6.34. The van der Waals surface area contributed by atoms with Crippen LogP contribution in [0.1, 0.15) is 10.4 Å². The average molecular weight is 179 g/mol. The fourth-order valence-electron chi connectivity index (χ4n) is 0.854. The average Bonchev–Trinajstić information content (AvgIpc) is 2.19. The Morgan fingerprint density at radius 2 is 2.15 bits per heavy atom. The van der Waals surface area contributed by atoms with E-state index >= 15 is 0 Å². The number of ketones is 1. The lowest BCUT2D eigenvalue weighted by Crippen LogP contribution is -2.07. The molecule has 0 aliphatic heterocycles. The number of carbonyl (C=O) groups is 1. The summed E-state index contributed by atoms with van der Waals surface area (Å²) in [5.74, 6) is -0.152. The van der Waals surface area contributed by atoms with E-state index in [9.17, 15) is 4.79 Å². The van der Waals surface area contributed by atoms with Crippen LogP contribution in [0.4, 0.5) is 0 Å². The van der Waals surface area contributed by atoms with Gasteiger partial charge in [0.15, 0.2) is 12.4 Å². The van der Waals surface area contributed by atoms with Gasteiger partial charge in [-0.2, -0.15) is 0 Å². The fourth-order valence-corrected chi connectivity index (χ4v) is 0.854. The summed E-state index contributed by atoms with van der Waals surface area (Å²) in [6, 6.07) is 8.76. The molecule has 4 nitrogen and oxygen atoms in total. The van der Waals surface area contributed by atoms with Crippen molar-refractivity contribution in [3.63, 3.8) is 0 Å². The molecule has 1 aromatic rings. The number of oxime groups is 1. The van der Waals surface area contributed by atoms with E-state index in [0.717, 1.165) is 6.40 Å². The Bertz CT molecular complexity index is 295. The minimum absolute atomic E-state index is 0.117. The summed E-state index contributed by atoms with van der Waals surface area (Å²) in [5.41, 5.74) is 0.578. The van der Waals surface area contributed by atoms with Gasteiger partial charge in [-0.05, 0) is 0 Å². The maximum atomic E-state index is 11.3. The third kappa shape index (κ3) is 2.94. The predicted molar refractivity (Wildman–Crippen MR) is 47.0 cm³/mol. The lowest BCUT2D eigenvalue weighted by molar-refractivity contribution is 0.0915. The third-order valence-corrected chi connectivity index (χ3v) is 1.43. The van der Waals surface area contributed by atoms with Gasteiger partial charge in [0, 0.05) is 5.56 Å². The van der Waals surface area contributed by atoms with Gasteiger partial charge in [0.05, 0.1) is 0 Å². The maximum absolute atomic E-state index is 11.3. The van der Waals surface area contributed by atoms with E-state index in [0.29, 0.717) is 5.56 Å². The van der Waals surface area contributed by atoms with Crippen LogP contribution in [0.25, 0.3) is 0 Å². The highest BCUT2D eigenvalue weighted by atomic mass is 16.5. The fraction of sp³-hybridized carbons (Fsp3) is 0.111. The quantitative estimate of drug-likeness (QED) is 0.249. The van der Waals surface area contributed by atoms with Gasteiger partial charge in [-0.15, -0.1) is 0 Å². The zero-order valence-electron chi connectivity index (χ0n) is 6.88. The molecule has 0 unspecified atom stereocenters. The van der Waals surface area contributed by atoms with Gasteiger partial charge in [0.1, 0.15) is 0 Å². The first kappa shape index (κ1) is 9.25. The molecule has 1 rings (SSSR count). The Balaban J connectivity index is 2.49. The minimum atomic E-state index is -0.152. The van der Waals surface area contributed by atoms with Crippen molar-refractivity contribution in [1.29, 1.82) is 0 Å². The van der Waals surface area contributed by atoms with E-state index in [1.165, 1.54) is 0 Å². The van der Waals surface area contributed by atoms with Crippen LogP contribution in [0.5, 0.6) is 0 Å². The Morgan fingerprint density at radius 1 is 1.46 bits per heavy atom. The highest BCUT2D eigenvalue weighted by molar-refractivity contribution is 5.97. The van der Waals surface area contributed by atoms with Crippen molar-refractivity contribution in [2.45, 2.75) is 0 Å². The number of hydrogen-bond acceptors (Lipinski definition) is 4. The predicted octanol–water partition coefficient (Wildman–Crippen LogP) is 1.30. The Kier molecular flexibility index (Phi) is 3.50. The summed E-state index contributed by atoms with van der Waals surface area (Å²) < 4.78 is 4.61. The summed E-state index contributed by atoms with van der Waals surface area (Å²) in [6.07, 6.45) is 0.820. The van der Waals surface area contributed by atoms with E-state index in [2.05, 4.69) is 9.89 Å². The molecule has 0 saturated carbocycles. The maximum Gasteiger partial charge on any atom is 0.212 e. The molecule has 0 radical (unpaired) electrons. The van der Waals surface area contributed by atoms with E-state index < -0.39 is 0 Å². The molecule has 13 heavy (non-hydrogen) atoms. The molecular formula is C9H9NO3. The van der Waals surface area contributed by atoms with Gasteiger partial charge in [0.2, 0.25) is 6.40 Å². The Labute approximate surface area is 75.4 Å². The van der Waals surface area contributed by atoms with Crippen LogP contribution in [-0.2, 0) is 4.74 Å². The molecule has 0 aliphatic rings. The molecule has 0 spiro atoms. The minimum Gasteiger partial charge on any atom is -0.472 e. The second-order valence-electron chi connectivity index (χ2n) is 2.32. The highest BCUT2D eigenvalue weighted by Crippen LogP contribution is 1.99. The summed E-state index contributed by atoms with van der Waals surface area (Å²) >= 11 is 0. The molecule has 0 aromatic heterocycles. The molecule has 0 heterocycles. The Morgan fingerprint density at radius 3 is 2.77 bits per heavy atom. The molecule has 0 amide bonds. The standard InChI is InChI=1S/C9H9NO3/c11-9(6-13-7-10-12)8-4-2-1-3-5-8/h1-5,7,12H,6H2/b10-7+. The Hall–Kier alpha value is -1.84. The first-order valence-electron chi connectivity index (χ1n) is 3.70. The van der Waals surface area contributed by atoms with Crippen molar-refractivity contribution < 1.29 is 14.7 Å². The number of Topliss-reactive ketones (excluding diaryl/α,β-unsaturated/α-hetero) is 1. The zero-order valence-corrected chi connectivity index (χ0v) is 6.88. The van der Waals surface area contributed by atoms with Crippen LogP contribution in [0.3, 0.4) is 0 Å². The second kappa shape index (κ2) is 4.92. The van der Waals surface area contributed by atoms with Crippen molar-refractivity contribution in [3.8, 4) is 0 Å². The summed E-state index contributed by atoms with van der Waals surface area (Å²) in [5, 5.41) is 10.6. The molecule has 0 saturated heterocycles. The summed E-state index contributed by atoms with van der Waals surface area (Å²) in [7, 11) is 0. The van der Waals surface area contributed by atoms with Crippen molar-refractivity contribution in [2.75, 3.05) is 6.61 Å². The van der Waals surface area contributed by atoms with E-state index in [4.69, 9.17) is 5.21 Å². The monoisotopic (exact) mass is 179 g/mol. The highest BCUT2D eigenvalue weighted by Gasteiger charge is 2.03. The number of nitrogens with zero attached hydrogens (tertiary/aromatic N) is 1. The topological polar surface area (TPSA) is 58.9 Å². The second-order valence-corrected chi connectivity index (χ2v) is 2.32. The SMILES string of the molecule is O=C(CO/C=N/O)c1ccccc1. The molecule has 4 heteroatoms. The van der Waals surface area contributed by atoms with Gasteiger partial charge in [-0.3, -0.25) is 4.79 Å². The van der Waals surface area contributed by atoms with Crippen LogP contribution in [0.2, 0.25) is 0 Å². The van der Waals surface area contributed by atoms with Crippen LogP contribution < -0.4 is 0 Å². The molecular weight excluding hydrogens is 170 g/mol. The van der Waals surface area contributed by atoms with E-state index in [1.54, 1.807) is 24.3 Å². The van der Waals surface area contributed by atoms with Gasteiger partial charge in [0.25, 0.3) is 0 Å². The molecule has 1 aromatic carbocycles. The van der Waals surface area contributed by atoms with Gasteiger partial charge >= 0.3 is 0 Å². The van der Waals surface area contributed by atoms with E-state index in [1.807, 2.05) is 6.07 Å². The zero-order chi connectivity index (χ0) is 9.52. The number of rotatable bonds is 4. The van der Waals surface area contributed by atoms with Crippen molar-refractivity contribution in [2.24, 2.45) is 5.16 Å². The van der Waals surface area contributed by atoms with E-state index in [-0.39, 0.29) is 12.4 Å². The number of hydrogen-bond donors (Lipinski definition) is 1. The molecule has 0 bridgehead atoms. The summed E-state index contributed by atoms with van der Waals surface area (Å²) in [6.45, 7) is -0.117. The summed E-state index contributed by atoms with van der Waals surface area (Å²) in [4.78, 5) is 11.3. The number of benzene rings is 1. The van der Waals surface area contributed by atoms with Crippen molar-refractivity contribution in [1.82, 2.24) is 0 Å². The van der Waals surface area contributed by atoms with Crippen LogP contribution in [0.15, 0.2) is 35.5 Å². The number of carbonyl (C=O) groups excluding carboxylic acids is 1. The van der Waals surface area contributed by atoms with Gasteiger partial charge in [-0.1, -0.05) is 35.5 Å². The van der Waals surface area contributed by atoms with Crippen LogP contribution in [-0.4, -0.2) is 24.0 Å². The molecule has 68 valence electrons. The number of ether oxygens (including phenoxy) is 1. The molecule has 0 atom stereocenters. The van der Waals surface area contributed by atoms with Gasteiger partial charge in [-0.25, -0.2) is 0 Å². The van der Waals surface area contributed by atoms with Crippen molar-refractivity contribution >= 4 is 12.2 Å². The van der Waals surface area contributed by atoms with Crippen LogP contribution >= 0.6 is 0 Å². The molecule has 0 aliphatic carbocycles. The molecule has 0 fully saturated rings.